The largest absolute Gasteiger partial charge is 0.399 e. The summed E-state index contributed by atoms with van der Waals surface area (Å²) in [5.41, 5.74) is 7.11. The van der Waals surface area contributed by atoms with Crippen LogP contribution in [0.15, 0.2) is 18.2 Å². The Balaban J connectivity index is 1.92. The van der Waals surface area contributed by atoms with Crippen molar-refractivity contribution < 1.29 is 13.2 Å². The summed E-state index contributed by atoms with van der Waals surface area (Å²) in [4.78, 5) is 16.0. The van der Waals surface area contributed by atoms with E-state index in [0.29, 0.717) is 17.2 Å². The number of sulfone groups is 1. The Kier molecular flexibility index (Phi) is 4.79. The van der Waals surface area contributed by atoms with Crippen LogP contribution in [0.4, 0.5) is 10.8 Å². The number of thiazole rings is 1. The van der Waals surface area contributed by atoms with Crippen LogP contribution in [0.2, 0.25) is 0 Å². The molecule has 0 radical (unpaired) electrons. The molecule has 114 valence electrons. The second-order valence-corrected chi connectivity index (χ2v) is 8.14. The van der Waals surface area contributed by atoms with Gasteiger partial charge in [-0.05, 0) is 24.6 Å². The number of hydrogen-bond acceptors (Lipinski definition) is 6. The van der Waals surface area contributed by atoms with Gasteiger partial charge in [-0.1, -0.05) is 18.3 Å². The molecule has 0 saturated heterocycles. The van der Waals surface area contributed by atoms with Crippen molar-refractivity contribution in [2.45, 2.75) is 19.8 Å². The van der Waals surface area contributed by atoms with Gasteiger partial charge in [-0.15, -0.1) is 0 Å². The molecule has 3 N–H and O–H groups in total. The predicted molar refractivity (Wildman–Crippen MR) is 86.2 cm³/mol. The van der Waals surface area contributed by atoms with E-state index in [4.69, 9.17) is 5.73 Å². The normalized spacial score (nSPS) is 11.7. The molecule has 2 aromatic rings. The SMILES string of the molecule is CCS(=O)(=O)CCCC(=O)Nc1nc2ccc(N)cc2s1. The lowest BCUT2D eigenvalue weighted by atomic mass is 10.3. The number of nitrogens with one attached hydrogen (secondary N) is 1. The van der Waals surface area contributed by atoms with Gasteiger partial charge < -0.3 is 11.1 Å². The van der Waals surface area contributed by atoms with Gasteiger partial charge in [0.25, 0.3) is 0 Å². The summed E-state index contributed by atoms with van der Waals surface area (Å²) in [6.45, 7) is 1.60. The number of anilines is 2. The van der Waals surface area contributed by atoms with Crippen LogP contribution in [-0.4, -0.2) is 30.8 Å². The highest BCUT2D eigenvalue weighted by molar-refractivity contribution is 7.91. The lowest BCUT2D eigenvalue weighted by Crippen LogP contribution is -2.14. The second-order valence-electron chi connectivity index (χ2n) is 4.63. The molecule has 0 atom stereocenters. The summed E-state index contributed by atoms with van der Waals surface area (Å²) >= 11 is 1.34. The molecule has 0 aliphatic rings. The topological polar surface area (TPSA) is 102 Å². The van der Waals surface area contributed by atoms with E-state index in [-0.39, 0.29) is 23.8 Å². The molecular weight excluding hydrogens is 310 g/mol. The smallest absolute Gasteiger partial charge is 0.226 e. The molecule has 0 saturated carbocycles. The van der Waals surface area contributed by atoms with Crippen LogP contribution in [0.5, 0.6) is 0 Å². The number of nitrogen functional groups attached to an aromatic ring is 1. The van der Waals surface area contributed by atoms with Gasteiger partial charge in [0.1, 0.15) is 9.84 Å². The maximum Gasteiger partial charge on any atom is 0.226 e. The lowest BCUT2D eigenvalue weighted by molar-refractivity contribution is -0.116. The quantitative estimate of drug-likeness (QED) is 0.790. The first-order valence-electron chi connectivity index (χ1n) is 6.56. The summed E-state index contributed by atoms with van der Waals surface area (Å²) in [7, 11) is -3.02. The number of benzene rings is 1. The van der Waals surface area contributed by atoms with E-state index in [1.165, 1.54) is 11.3 Å². The standard InChI is InChI=1S/C13H17N3O3S2/c1-2-21(18,19)7-3-4-12(17)16-13-15-10-6-5-9(14)8-11(10)20-13/h5-6,8H,2-4,7,14H2,1H3,(H,15,16,17). The molecule has 0 spiro atoms. The van der Waals surface area contributed by atoms with Crippen molar-refractivity contribution in [3.63, 3.8) is 0 Å². The minimum Gasteiger partial charge on any atom is -0.399 e. The fourth-order valence-electron chi connectivity index (χ4n) is 1.77. The number of carbonyl (C=O) groups is 1. The highest BCUT2D eigenvalue weighted by atomic mass is 32.2. The molecule has 6 nitrogen and oxygen atoms in total. The maximum absolute atomic E-state index is 11.8. The third-order valence-corrected chi connectivity index (χ3v) is 5.68. The van der Waals surface area contributed by atoms with Crippen LogP contribution >= 0.6 is 11.3 Å². The van der Waals surface area contributed by atoms with Gasteiger partial charge in [-0.25, -0.2) is 13.4 Å². The van der Waals surface area contributed by atoms with Crippen molar-refractivity contribution in [2.24, 2.45) is 0 Å². The van der Waals surface area contributed by atoms with Gasteiger partial charge in [0.15, 0.2) is 5.13 Å². The molecule has 0 bridgehead atoms. The number of nitrogens with two attached hydrogens (primary N) is 1. The van der Waals surface area contributed by atoms with Gasteiger partial charge in [0, 0.05) is 17.9 Å². The average Bonchev–Trinajstić information content (AvgIpc) is 2.79. The van der Waals surface area contributed by atoms with Crippen LogP contribution < -0.4 is 11.1 Å². The van der Waals surface area contributed by atoms with E-state index in [1.807, 2.05) is 0 Å². The van der Waals surface area contributed by atoms with E-state index < -0.39 is 9.84 Å². The Morgan fingerprint density at radius 3 is 2.90 bits per heavy atom. The third kappa shape index (κ3) is 4.40. The fourth-order valence-corrected chi connectivity index (χ4v) is 3.58. The third-order valence-electron chi connectivity index (χ3n) is 2.96. The lowest BCUT2D eigenvalue weighted by Gasteiger charge is -2.02. The number of carbonyl (C=O) groups excluding carboxylic acids is 1. The Bertz CT molecular complexity index is 753. The zero-order valence-corrected chi connectivity index (χ0v) is 13.3. The first kappa shape index (κ1) is 15.7. The molecule has 0 fully saturated rings. The molecule has 1 heterocycles. The number of fused-ring (bicyclic) bond motifs is 1. The summed E-state index contributed by atoms with van der Waals surface area (Å²) in [6, 6.07) is 5.35. The van der Waals surface area contributed by atoms with Crippen LogP contribution in [0, 0.1) is 0 Å². The average molecular weight is 327 g/mol. The molecule has 1 aromatic heterocycles. The van der Waals surface area contributed by atoms with Crippen molar-refractivity contribution >= 4 is 48.1 Å². The molecule has 0 aliphatic carbocycles. The summed E-state index contributed by atoms with van der Waals surface area (Å²) in [5.74, 6) is -0.0883. The Hall–Kier alpha value is -1.67. The zero-order chi connectivity index (χ0) is 15.5. The molecule has 21 heavy (non-hydrogen) atoms. The van der Waals surface area contributed by atoms with Crippen LogP contribution in [0.1, 0.15) is 19.8 Å². The minimum atomic E-state index is -3.02. The number of rotatable bonds is 6. The van der Waals surface area contributed by atoms with Crippen molar-refractivity contribution in [1.29, 1.82) is 0 Å². The summed E-state index contributed by atoms with van der Waals surface area (Å²) in [6.07, 6.45) is 0.483. The van der Waals surface area contributed by atoms with Crippen molar-refractivity contribution in [3.8, 4) is 0 Å². The molecule has 0 aliphatic heterocycles. The molecule has 8 heteroatoms. The monoisotopic (exact) mass is 327 g/mol. The van der Waals surface area contributed by atoms with Crippen LogP contribution in [0.3, 0.4) is 0 Å². The molecule has 1 amide bonds. The van der Waals surface area contributed by atoms with Crippen molar-refractivity contribution in [1.82, 2.24) is 4.98 Å². The second kappa shape index (κ2) is 6.40. The maximum atomic E-state index is 11.8. The highest BCUT2D eigenvalue weighted by Gasteiger charge is 2.11. The Morgan fingerprint density at radius 2 is 2.19 bits per heavy atom. The zero-order valence-electron chi connectivity index (χ0n) is 11.6. The van der Waals surface area contributed by atoms with E-state index >= 15 is 0 Å². The van der Waals surface area contributed by atoms with E-state index in [1.54, 1.807) is 25.1 Å². The van der Waals surface area contributed by atoms with Gasteiger partial charge in [-0.3, -0.25) is 4.79 Å². The first-order valence-corrected chi connectivity index (χ1v) is 9.20. The number of amides is 1. The summed E-state index contributed by atoms with van der Waals surface area (Å²) in [5, 5.41) is 3.19. The van der Waals surface area contributed by atoms with Gasteiger partial charge in [-0.2, -0.15) is 0 Å². The number of nitrogens with zero attached hydrogens (tertiary/aromatic N) is 1. The Morgan fingerprint density at radius 1 is 1.43 bits per heavy atom. The van der Waals surface area contributed by atoms with E-state index in [9.17, 15) is 13.2 Å². The van der Waals surface area contributed by atoms with Crippen molar-refractivity contribution in [3.05, 3.63) is 18.2 Å². The highest BCUT2D eigenvalue weighted by Crippen LogP contribution is 2.27. The summed E-state index contributed by atoms with van der Waals surface area (Å²) < 4.78 is 23.6. The molecule has 1 aromatic carbocycles. The number of hydrogen-bond donors (Lipinski definition) is 2. The molecule has 2 rings (SSSR count). The minimum absolute atomic E-state index is 0.0350. The first-order chi connectivity index (χ1) is 9.89. The predicted octanol–water partition coefficient (Wildman–Crippen LogP) is 2.03. The van der Waals surface area contributed by atoms with Crippen LogP contribution in [-0.2, 0) is 14.6 Å². The van der Waals surface area contributed by atoms with Crippen molar-refractivity contribution in [2.75, 3.05) is 22.6 Å². The number of aromatic nitrogens is 1. The fraction of sp³-hybridized carbons (Fsp3) is 0.385. The molecular formula is C13H17N3O3S2. The van der Waals surface area contributed by atoms with Gasteiger partial charge >= 0.3 is 0 Å². The Labute approximate surface area is 127 Å². The van der Waals surface area contributed by atoms with Gasteiger partial charge in [0.05, 0.1) is 16.0 Å². The molecule has 0 unspecified atom stereocenters. The van der Waals surface area contributed by atoms with E-state index in [2.05, 4.69) is 10.3 Å². The van der Waals surface area contributed by atoms with Gasteiger partial charge in [0.2, 0.25) is 5.91 Å². The van der Waals surface area contributed by atoms with Crippen LogP contribution in [0.25, 0.3) is 10.2 Å². The van der Waals surface area contributed by atoms with E-state index in [0.717, 1.165) is 10.2 Å².